The average molecular weight is 344 g/mol. The maximum absolute atomic E-state index is 6.20. The van der Waals surface area contributed by atoms with Gasteiger partial charge in [0.15, 0.2) is 0 Å². The van der Waals surface area contributed by atoms with E-state index in [9.17, 15) is 0 Å². The molecular weight excluding hydrogens is 311 g/mol. The lowest BCUT2D eigenvalue weighted by atomic mass is 9.79. The van der Waals surface area contributed by atoms with Crippen LogP contribution in [0.3, 0.4) is 0 Å². The largest absolute Gasteiger partial charge is 0.494 e. The lowest BCUT2D eigenvalue weighted by molar-refractivity contribution is 0.00578. The second-order valence-electron chi connectivity index (χ2n) is 9.06. The van der Waals surface area contributed by atoms with Gasteiger partial charge in [0.05, 0.1) is 17.3 Å². The van der Waals surface area contributed by atoms with Crippen molar-refractivity contribution in [2.45, 2.75) is 84.5 Å². The van der Waals surface area contributed by atoms with Crippen LogP contribution in [-0.2, 0) is 9.31 Å². The summed E-state index contributed by atoms with van der Waals surface area (Å²) in [6.45, 7) is 13.0. The zero-order valence-electron chi connectivity index (χ0n) is 16.7. The molecule has 3 rings (SSSR count). The van der Waals surface area contributed by atoms with Gasteiger partial charge in [-0.25, -0.2) is 0 Å². The zero-order chi connectivity index (χ0) is 18.2. The van der Waals surface area contributed by atoms with Crippen LogP contribution in [0.5, 0.6) is 5.75 Å². The van der Waals surface area contributed by atoms with Gasteiger partial charge in [0.1, 0.15) is 5.75 Å². The van der Waals surface area contributed by atoms with Gasteiger partial charge in [0, 0.05) is 0 Å². The summed E-state index contributed by atoms with van der Waals surface area (Å²) < 4.78 is 18.4. The van der Waals surface area contributed by atoms with Crippen molar-refractivity contribution in [1.82, 2.24) is 0 Å². The van der Waals surface area contributed by atoms with Crippen LogP contribution in [0.4, 0.5) is 0 Å². The second kappa shape index (κ2) is 6.96. The molecule has 0 bridgehead atoms. The van der Waals surface area contributed by atoms with Gasteiger partial charge in [-0.15, -0.1) is 0 Å². The monoisotopic (exact) mass is 344 g/mol. The van der Waals surface area contributed by atoms with Gasteiger partial charge in [-0.05, 0) is 82.8 Å². The Hall–Kier alpha value is -0.995. The molecule has 0 aromatic heterocycles. The number of ether oxygens (including phenoxy) is 1. The third-order valence-corrected chi connectivity index (χ3v) is 6.37. The van der Waals surface area contributed by atoms with Crippen molar-refractivity contribution < 1.29 is 14.0 Å². The highest BCUT2D eigenvalue weighted by Crippen LogP contribution is 2.36. The summed E-state index contributed by atoms with van der Waals surface area (Å²) in [7, 11) is -0.305. The van der Waals surface area contributed by atoms with Crippen LogP contribution in [0, 0.1) is 11.8 Å². The first-order valence-electron chi connectivity index (χ1n) is 9.80. The molecule has 1 aromatic rings. The Morgan fingerprint density at radius 2 is 1.44 bits per heavy atom. The summed E-state index contributed by atoms with van der Waals surface area (Å²) in [5.74, 6) is 2.61. The summed E-state index contributed by atoms with van der Waals surface area (Å²) in [6.07, 6.45) is 5.27. The first-order chi connectivity index (χ1) is 11.7. The number of rotatable bonds is 4. The van der Waals surface area contributed by atoms with Gasteiger partial charge in [0.2, 0.25) is 0 Å². The number of hydrogen-bond acceptors (Lipinski definition) is 3. The van der Waals surface area contributed by atoms with Gasteiger partial charge >= 0.3 is 7.12 Å². The summed E-state index contributed by atoms with van der Waals surface area (Å²) in [5.41, 5.74) is 0.443. The lowest BCUT2D eigenvalue weighted by Gasteiger charge is -2.32. The van der Waals surface area contributed by atoms with E-state index in [0.717, 1.165) is 23.0 Å². The van der Waals surface area contributed by atoms with E-state index in [0.29, 0.717) is 6.10 Å². The van der Waals surface area contributed by atoms with Crippen LogP contribution in [-0.4, -0.2) is 24.4 Å². The average Bonchev–Trinajstić information content (AvgIpc) is 2.76. The van der Waals surface area contributed by atoms with Gasteiger partial charge in [0.25, 0.3) is 0 Å². The number of benzene rings is 1. The molecule has 3 nitrogen and oxygen atoms in total. The van der Waals surface area contributed by atoms with Gasteiger partial charge in [-0.3, -0.25) is 0 Å². The molecule has 0 unspecified atom stereocenters. The van der Waals surface area contributed by atoms with Crippen molar-refractivity contribution >= 4 is 12.6 Å². The maximum atomic E-state index is 6.20. The molecule has 25 heavy (non-hydrogen) atoms. The SMILES string of the molecule is CC(C)C1CCC(Oc2ccc(B3OC(C)(C)C(C)(C)O3)cc2)CC1. The molecule has 0 amide bonds. The third-order valence-electron chi connectivity index (χ3n) is 6.37. The highest BCUT2D eigenvalue weighted by atomic mass is 16.7. The van der Waals surface area contributed by atoms with Crippen LogP contribution in [0.2, 0.25) is 0 Å². The fourth-order valence-corrected chi connectivity index (χ4v) is 3.75. The van der Waals surface area contributed by atoms with Crippen molar-refractivity contribution in [2.24, 2.45) is 11.8 Å². The lowest BCUT2D eigenvalue weighted by Crippen LogP contribution is -2.41. The quantitative estimate of drug-likeness (QED) is 0.749. The Morgan fingerprint density at radius 3 is 1.92 bits per heavy atom. The van der Waals surface area contributed by atoms with E-state index in [1.807, 2.05) is 0 Å². The normalized spacial score (nSPS) is 28.4. The minimum absolute atomic E-state index is 0.304. The fraction of sp³-hybridized carbons (Fsp3) is 0.714. The van der Waals surface area contributed by atoms with Crippen LogP contribution in [0.1, 0.15) is 67.2 Å². The Morgan fingerprint density at radius 1 is 0.920 bits per heavy atom. The first-order valence-corrected chi connectivity index (χ1v) is 9.80. The van der Waals surface area contributed by atoms with Crippen molar-refractivity contribution in [3.8, 4) is 5.75 Å². The van der Waals surface area contributed by atoms with E-state index in [2.05, 4.69) is 65.8 Å². The van der Waals surface area contributed by atoms with E-state index in [4.69, 9.17) is 14.0 Å². The van der Waals surface area contributed by atoms with E-state index < -0.39 is 0 Å². The van der Waals surface area contributed by atoms with Crippen LogP contribution < -0.4 is 10.2 Å². The summed E-state index contributed by atoms with van der Waals surface area (Å²) in [5, 5.41) is 0. The Bertz CT molecular complexity index is 555. The molecule has 4 heteroatoms. The van der Waals surface area contributed by atoms with Gasteiger partial charge in [-0.1, -0.05) is 26.0 Å². The Kier molecular flexibility index (Phi) is 5.23. The molecule has 2 fully saturated rings. The predicted molar refractivity (Wildman–Crippen MR) is 103 cm³/mol. The predicted octanol–water partition coefficient (Wildman–Crippen LogP) is 4.58. The summed E-state index contributed by atoms with van der Waals surface area (Å²) in [4.78, 5) is 0. The summed E-state index contributed by atoms with van der Waals surface area (Å²) in [6, 6.07) is 8.23. The first kappa shape index (κ1) is 18.8. The molecule has 0 atom stereocenters. The zero-order valence-corrected chi connectivity index (χ0v) is 16.7. The molecular formula is C21H33BO3. The van der Waals surface area contributed by atoms with Gasteiger partial charge < -0.3 is 14.0 Å². The van der Waals surface area contributed by atoms with Crippen molar-refractivity contribution in [3.63, 3.8) is 0 Å². The van der Waals surface area contributed by atoms with E-state index in [-0.39, 0.29) is 18.3 Å². The second-order valence-corrected chi connectivity index (χ2v) is 9.06. The Balaban J connectivity index is 1.57. The van der Waals surface area contributed by atoms with E-state index in [1.54, 1.807) is 0 Å². The molecule has 1 saturated carbocycles. The molecule has 138 valence electrons. The summed E-state index contributed by atoms with van der Waals surface area (Å²) >= 11 is 0. The molecule has 1 saturated heterocycles. The molecule has 1 aliphatic carbocycles. The topological polar surface area (TPSA) is 27.7 Å². The van der Waals surface area contributed by atoms with Gasteiger partial charge in [-0.2, -0.15) is 0 Å². The molecule has 0 radical (unpaired) electrons. The molecule has 2 aliphatic rings. The number of hydrogen-bond donors (Lipinski definition) is 0. The van der Waals surface area contributed by atoms with Crippen molar-refractivity contribution in [2.75, 3.05) is 0 Å². The van der Waals surface area contributed by atoms with Crippen LogP contribution in [0.25, 0.3) is 0 Å². The standard InChI is InChI=1S/C21H33BO3/c1-15(2)16-7-11-18(12-8-16)23-19-13-9-17(10-14-19)22-24-20(3,4)21(5,6)25-22/h9-10,13-16,18H,7-8,11-12H2,1-6H3. The molecule has 1 aliphatic heterocycles. The third kappa shape index (κ3) is 4.06. The smallest absolute Gasteiger partial charge is 0.490 e. The maximum Gasteiger partial charge on any atom is 0.494 e. The minimum Gasteiger partial charge on any atom is -0.490 e. The minimum atomic E-state index is -0.305. The van der Waals surface area contributed by atoms with Crippen LogP contribution >= 0.6 is 0 Å². The van der Waals surface area contributed by atoms with Crippen LogP contribution in [0.15, 0.2) is 24.3 Å². The fourth-order valence-electron chi connectivity index (χ4n) is 3.75. The van der Waals surface area contributed by atoms with Crippen molar-refractivity contribution in [1.29, 1.82) is 0 Å². The van der Waals surface area contributed by atoms with E-state index >= 15 is 0 Å². The van der Waals surface area contributed by atoms with E-state index in [1.165, 1.54) is 25.7 Å². The molecule has 0 N–H and O–H groups in total. The molecule has 1 aromatic carbocycles. The highest BCUT2D eigenvalue weighted by Gasteiger charge is 2.51. The molecule has 0 spiro atoms. The molecule has 1 heterocycles. The Labute approximate surface area is 153 Å². The highest BCUT2D eigenvalue weighted by molar-refractivity contribution is 6.62. The van der Waals surface area contributed by atoms with Crippen molar-refractivity contribution in [3.05, 3.63) is 24.3 Å².